The highest BCUT2D eigenvalue weighted by molar-refractivity contribution is 5.84. The molecule has 2 heterocycles. The first kappa shape index (κ1) is 27.2. The van der Waals surface area contributed by atoms with Crippen LogP contribution in [-0.2, 0) is 11.2 Å². The van der Waals surface area contributed by atoms with Crippen molar-refractivity contribution in [1.82, 2.24) is 14.7 Å². The Kier molecular flexibility index (Phi) is 7.46. The first-order chi connectivity index (χ1) is 20.4. The second-order valence-electron chi connectivity index (χ2n) is 10.4. The topological polar surface area (TPSA) is 98.2 Å². The average molecular weight is 562 g/mol. The highest BCUT2D eigenvalue weighted by Gasteiger charge is 2.19. The number of hydrogen-bond donors (Lipinski definition) is 1. The van der Waals surface area contributed by atoms with Crippen LogP contribution in [0, 0.1) is 5.82 Å². The number of fused-ring (bicyclic) bond motifs is 2. The second kappa shape index (κ2) is 11.5. The Morgan fingerprint density at radius 2 is 1.74 bits per heavy atom. The first-order valence-corrected chi connectivity index (χ1v) is 13.8. The largest absolute Gasteiger partial charge is 0.380 e. The lowest BCUT2D eigenvalue weighted by molar-refractivity contribution is -0.117. The summed E-state index contributed by atoms with van der Waals surface area (Å²) in [6, 6.07) is 26.3. The van der Waals surface area contributed by atoms with Crippen molar-refractivity contribution in [3.05, 3.63) is 124 Å². The molecule has 0 saturated heterocycles. The number of hydrogen-bond acceptors (Lipinski definition) is 6. The Hall–Kier alpha value is -4.95. The summed E-state index contributed by atoms with van der Waals surface area (Å²) in [5.41, 5.74) is 2.60. The molecule has 210 valence electrons. The average Bonchev–Trinajstić information content (AvgIpc) is 3.50. The molecule has 0 saturated carbocycles. The van der Waals surface area contributed by atoms with Crippen LogP contribution in [0.3, 0.4) is 0 Å². The molecule has 6 aromatic rings. The van der Waals surface area contributed by atoms with E-state index in [0.717, 1.165) is 10.8 Å². The van der Waals surface area contributed by atoms with Crippen molar-refractivity contribution >= 4 is 27.5 Å². The van der Waals surface area contributed by atoms with E-state index >= 15 is 0 Å². The molecule has 0 fully saturated rings. The van der Waals surface area contributed by atoms with E-state index in [1.807, 2.05) is 42.5 Å². The molecular weight excluding hydrogens is 533 g/mol. The Labute approximate surface area is 240 Å². The van der Waals surface area contributed by atoms with Crippen molar-refractivity contribution in [3.8, 4) is 16.9 Å². The number of nitrogens with zero attached hydrogens (tertiary/aromatic N) is 3. The molecule has 42 heavy (non-hydrogen) atoms. The molecular formula is C34H28FN3O4. The van der Waals surface area contributed by atoms with Gasteiger partial charge in [-0.1, -0.05) is 47.6 Å². The van der Waals surface area contributed by atoms with Gasteiger partial charge in [0.05, 0.1) is 16.6 Å². The quantitative estimate of drug-likeness (QED) is 0.197. The van der Waals surface area contributed by atoms with Crippen LogP contribution in [0.4, 0.5) is 4.39 Å². The fourth-order valence-electron chi connectivity index (χ4n) is 5.17. The smallest absolute Gasteiger partial charge is 0.265 e. The van der Waals surface area contributed by atoms with Crippen molar-refractivity contribution in [2.24, 2.45) is 0 Å². The number of unbranched alkanes of at least 4 members (excludes halogenated alkanes) is 1. The summed E-state index contributed by atoms with van der Waals surface area (Å²) < 4.78 is 20.7. The fraction of sp³-hybridized carbons (Fsp3) is 0.176. The molecule has 4 aromatic carbocycles. The molecule has 0 bridgehead atoms. The lowest BCUT2D eigenvalue weighted by Gasteiger charge is -2.14. The molecule has 7 nitrogen and oxygen atoms in total. The maximum atomic E-state index is 13.7. The zero-order chi connectivity index (χ0) is 29.2. The molecule has 0 aliphatic heterocycles. The molecule has 0 aliphatic carbocycles. The van der Waals surface area contributed by atoms with E-state index in [-0.39, 0.29) is 11.3 Å². The zero-order valence-electron chi connectivity index (χ0n) is 23.0. The summed E-state index contributed by atoms with van der Waals surface area (Å²) in [5.74, 6) is 0.532. The second-order valence-corrected chi connectivity index (χ2v) is 10.4. The normalized spacial score (nSPS) is 12.2. The number of aryl methyl sites for hydroxylation is 1. The number of benzene rings is 4. The van der Waals surface area contributed by atoms with Crippen LogP contribution in [0.1, 0.15) is 49.4 Å². The molecule has 1 atom stereocenters. The van der Waals surface area contributed by atoms with Crippen molar-refractivity contribution < 1.29 is 18.8 Å². The van der Waals surface area contributed by atoms with E-state index in [0.29, 0.717) is 70.7 Å². The maximum absolute atomic E-state index is 13.7. The van der Waals surface area contributed by atoms with Gasteiger partial charge < -0.3 is 14.4 Å². The summed E-state index contributed by atoms with van der Waals surface area (Å²) >= 11 is 0. The van der Waals surface area contributed by atoms with Gasteiger partial charge in [0.1, 0.15) is 29.2 Å². The SMILES string of the molecule is CC(=O)CCCCc1nc2cc(-c3cc(C(O)c4ccc5ccccc5c4)on3)ccc2c(=O)n1-c1ccc(F)cc1. The Balaban J connectivity index is 1.35. The van der Waals surface area contributed by atoms with Crippen molar-refractivity contribution in [2.45, 2.75) is 38.7 Å². The van der Waals surface area contributed by atoms with Gasteiger partial charge in [-0.05, 0) is 78.6 Å². The molecule has 6 rings (SSSR count). The number of ketones is 1. The summed E-state index contributed by atoms with van der Waals surface area (Å²) in [4.78, 5) is 29.9. The molecule has 8 heteroatoms. The Bertz CT molecular complexity index is 1980. The molecule has 0 spiro atoms. The summed E-state index contributed by atoms with van der Waals surface area (Å²) in [6.07, 6.45) is 1.26. The van der Waals surface area contributed by atoms with Gasteiger partial charge in [0.25, 0.3) is 5.56 Å². The van der Waals surface area contributed by atoms with E-state index in [1.165, 1.54) is 16.7 Å². The standard InChI is InChI=1S/C34H28FN3O4/c1-21(39)6-2-5-9-32-36-30-19-24(12-17-28(30)34(41)38(32)27-15-13-26(35)14-16-27)29-20-31(42-37-29)33(40)25-11-10-22-7-3-4-8-23(22)18-25/h3-4,7-8,10-20,33,40H,2,5-6,9H2,1H3. The predicted molar refractivity (Wildman–Crippen MR) is 159 cm³/mol. The third-order valence-corrected chi connectivity index (χ3v) is 7.39. The number of aliphatic hydroxyl groups excluding tert-OH is 1. The number of carbonyl (C=O) groups is 1. The van der Waals surface area contributed by atoms with Crippen LogP contribution in [0.25, 0.3) is 38.6 Å². The van der Waals surface area contributed by atoms with Crippen LogP contribution in [-0.4, -0.2) is 25.6 Å². The van der Waals surface area contributed by atoms with Crippen LogP contribution < -0.4 is 5.56 Å². The van der Waals surface area contributed by atoms with E-state index in [1.54, 1.807) is 43.3 Å². The number of Topliss-reactive ketones (excluding diaryl/α,β-unsaturated/α-hetero) is 1. The van der Waals surface area contributed by atoms with Crippen molar-refractivity contribution in [2.75, 3.05) is 0 Å². The summed E-state index contributed by atoms with van der Waals surface area (Å²) in [5, 5.41) is 17.7. The summed E-state index contributed by atoms with van der Waals surface area (Å²) in [6.45, 7) is 1.56. The number of halogens is 1. The summed E-state index contributed by atoms with van der Waals surface area (Å²) in [7, 11) is 0. The minimum Gasteiger partial charge on any atom is -0.380 e. The van der Waals surface area contributed by atoms with Crippen LogP contribution in [0.2, 0.25) is 0 Å². The molecule has 2 aromatic heterocycles. The van der Waals surface area contributed by atoms with Gasteiger partial charge in [0.2, 0.25) is 0 Å². The maximum Gasteiger partial charge on any atom is 0.265 e. The van der Waals surface area contributed by atoms with E-state index in [9.17, 15) is 19.1 Å². The van der Waals surface area contributed by atoms with Gasteiger partial charge in [-0.15, -0.1) is 0 Å². The van der Waals surface area contributed by atoms with Crippen LogP contribution >= 0.6 is 0 Å². The van der Waals surface area contributed by atoms with Gasteiger partial charge >= 0.3 is 0 Å². The van der Waals surface area contributed by atoms with Crippen molar-refractivity contribution in [1.29, 1.82) is 0 Å². The highest BCUT2D eigenvalue weighted by atomic mass is 19.1. The third-order valence-electron chi connectivity index (χ3n) is 7.39. The van der Waals surface area contributed by atoms with Crippen LogP contribution in [0.15, 0.2) is 100 Å². The molecule has 1 N–H and O–H groups in total. The predicted octanol–water partition coefficient (Wildman–Crippen LogP) is 6.72. The third kappa shape index (κ3) is 5.49. The minimum atomic E-state index is -1.00. The first-order valence-electron chi connectivity index (χ1n) is 13.8. The fourth-order valence-corrected chi connectivity index (χ4v) is 5.17. The van der Waals surface area contributed by atoms with Gasteiger partial charge in [-0.2, -0.15) is 0 Å². The molecule has 0 radical (unpaired) electrons. The number of aromatic nitrogens is 3. The van der Waals surface area contributed by atoms with Gasteiger partial charge in [-0.3, -0.25) is 9.36 Å². The number of aliphatic hydroxyl groups is 1. The van der Waals surface area contributed by atoms with Crippen LogP contribution in [0.5, 0.6) is 0 Å². The van der Waals surface area contributed by atoms with Gasteiger partial charge in [-0.25, -0.2) is 9.37 Å². The number of rotatable bonds is 9. The van der Waals surface area contributed by atoms with Gasteiger partial charge in [0, 0.05) is 24.5 Å². The lowest BCUT2D eigenvalue weighted by Crippen LogP contribution is -2.24. The van der Waals surface area contributed by atoms with Crippen molar-refractivity contribution in [3.63, 3.8) is 0 Å². The lowest BCUT2D eigenvalue weighted by atomic mass is 10.0. The minimum absolute atomic E-state index is 0.111. The molecule has 0 amide bonds. The zero-order valence-corrected chi connectivity index (χ0v) is 23.0. The highest BCUT2D eigenvalue weighted by Crippen LogP contribution is 2.30. The monoisotopic (exact) mass is 561 g/mol. The molecule has 0 aliphatic rings. The van der Waals surface area contributed by atoms with E-state index in [4.69, 9.17) is 9.51 Å². The Morgan fingerprint density at radius 3 is 2.52 bits per heavy atom. The number of carbonyl (C=O) groups excluding carboxylic acids is 1. The molecule has 1 unspecified atom stereocenters. The van der Waals surface area contributed by atoms with E-state index < -0.39 is 11.9 Å². The Morgan fingerprint density at radius 1 is 0.952 bits per heavy atom. The van der Waals surface area contributed by atoms with E-state index in [2.05, 4.69) is 5.16 Å². The van der Waals surface area contributed by atoms with Gasteiger partial charge in [0.15, 0.2) is 5.76 Å².